The molecule has 2 aromatic carbocycles. The van der Waals surface area contributed by atoms with Crippen LogP contribution >= 0.6 is 54.5 Å². The van der Waals surface area contributed by atoms with Gasteiger partial charge in [-0.1, -0.05) is 59.6 Å². The number of benzene rings is 2. The molecule has 4 rings (SSSR count). The number of ketones is 2. The predicted octanol–water partition coefficient (Wildman–Crippen LogP) is 7.80. The molecule has 8 heteroatoms. The molecule has 4 aromatic rings. The fourth-order valence-electron chi connectivity index (χ4n) is 2.50. The zero-order chi connectivity index (χ0) is 22.0. The number of carbonyl (C=O) groups is 2. The van der Waals surface area contributed by atoms with E-state index in [2.05, 4.69) is 41.8 Å². The minimum atomic E-state index is 0.00834. The molecule has 30 heavy (non-hydrogen) atoms. The number of nitrogens with zero attached hydrogens (tertiary/aromatic N) is 2. The summed E-state index contributed by atoms with van der Waals surface area (Å²) in [6.45, 7) is 7.57. The van der Waals surface area contributed by atoms with E-state index in [1.165, 1.54) is 22.7 Å². The number of hydrogen-bond acceptors (Lipinski definition) is 6. The molecule has 0 saturated carbocycles. The number of carbonyl (C=O) groups excluding carboxylic acids is 2. The number of Topliss-reactive ketones (excluding diaryl/α,β-unsaturated/α-hetero) is 2. The summed E-state index contributed by atoms with van der Waals surface area (Å²) in [6, 6.07) is 11.7. The number of rotatable bonds is 4. The second-order valence-corrected chi connectivity index (χ2v) is 11.2. The fourth-order valence-corrected chi connectivity index (χ4v) is 5.71. The van der Waals surface area contributed by atoms with Crippen molar-refractivity contribution >= 4 is 86.5 Å². The van der Waals surface area contributed by atoms with Gasteiger partial charge in [-0.15, -0.1) is 22.7 Å². The van der Waals surface area contributed by atoms with Gasteiger partial charge >= 0.3 is 0 Å². The van der Waals surface area contributed by atoms with Gasteiger partial charge in [0.15, 0.2) is 21.6 Å². The molecule has 0 aliphatic heterocycles. The minimum absolute atomic E-state index is 0.00834. The van der Waals surface area contributed by atoms with Gasteiger partial charge in [0.05, 0.1) is 20.4 Å². The number of hydrogen-bond donors (Lipinski definition) is 0. The van der Waals surface area contributed by atoms with Crippen LogP contribution in [0.4, 0.5) is 0 Å². The SMILES string of the molecule is CC(C)C(=O)c1nc2ccc(Br)cc2s1.CC(C)C(=O)c1nc2ccc(Br)cc2s1. The lowest BCUT2D eigenvalue weighted by atomic mass is 10.1. The molecule has 0 radical (unpaired) electrons. The van der Waals surface area contributed by atoms with E-state index < -0.39 is 0 Å². The highest BCUT2D eigenvalue weighted by atomic mass is 79.9. The van der Waals surface area contributed by atoms with Crippen LogP contribution in [0, 0.1) is 11.8 Å². The van der Waals surface area contributed by atoms with Gasteiger partial charge in [-0.2, -0.15) is 0 Å². The Morgan fingerprint density at radius 3 is 1.43 bits per heavy atom. The average Bonchev–Trinajstić information content (AvgIpc) is 3.30. The maximum atomic E-state index is 11.7. The van der Waals surface area contributed by atoms with Crippen LogP contribution in [-0.2, 0) is 0 Å². The first-order valence-corrected chi connectivity index (χ1v) is 12.6. The lowest BCUT2D eigenvalue weighted by molar-refractivity contribution is 0.0932. The predicted molar refractivity (Wildman–Crippen MR) is 133 cm³/mol. The highest BCUT2D eigenvalue weighted by Crippen LogP contribution is 2.27. The third-order valence-electron chi connectivity index (χ3n) is 4.17. The van der Waals surface area contributed by atoms with Crippen molar-refractivity contribution in [2.45, 2.75) is 27.7 Å². The number of halogens is 2. The van der Waals surface area contributed by atoms with Gasteiger partial charge in [0.1, 0.15) is 0 Å². The molecule has 0 saturated heterocycles. The van der Waals surface area contributed by atoms with Crippen LogP contribution in [0.25, 0.3) is 20.4 Å². The molecule has 0 bridgehead atoms. The molecule has 0 unspecified atom stereocenters. The molecule has 0 atom stereocenters. The summed E-state index contributed by atoms with van der Waals surface area (Å²) in [6.07, 6.45) is 0. The summed E-state index contributed by atoms with van der Waals surface area (Å²) >= 11 is 9.72. The number of thiazole rings is 2. The Bertz CT molecular complexity index is 1130. The van der Waals surface area contributed by atoms with E-state index in [1.807, 2.05) is 64.1 Å². The van der Waals surface area contributed by atoms with E-state index in [4.69, 9.17) is 0 Å². The maximum absolute atomic E-state index is 11.7. The van der Waals surface area contributed by atoms with E-state index in [9.17, 15) is 9.59 Å². The fraction of sp³-hybridized carbons (Fsp3) is 0.273. The van der Waals surface area contributed by atoms with E-state index in [0.717, 1.165) is 29.4 Å². The second kappa shape index (κ2) is 9.77. The standard InChI is InChI=1S/2C11H10BrNOS/c2*1-6(2)10(14)11-13-8-4-3-7(12)5-9(8)15-11/h2*3-6H,1-2H3. The third kappa shape index (κ3) is 5.41. The normalized spacial score (nSPS) is 11.2. The Labute approximate surface area is 200 Å². The Kier molecular flexibility index (Phi) is 7.55. The van der Waals surface area contributed by atoms with Crippen LogP contribution in [-0.4, -0.2) is 21.5 Å². The van der Waals surface area contributed by atoms with E-state index in [-0.39, 0.29) is 23.4 Å². The largest absolute Gasteiger partial charge is 0.291 e. The summed E-state index contributed by atoms with van der Waals surface area (Å²) in [5.74, 6) is 0.252. The van der Waals surface area contributed by atoms with Gasteiger partial charge in [-0.05, 0) is 36.4 Å². The van der Waals surface area contributed by atoms with Crippen molar-refractivity contribution in [1.82, 2.24) is 9.97 Å². The van der Waals surface area contributed by atoms with Crippen LogP contribution in [0.1, 0.15) is 47.3 Å². The molecule has 0 fully saturated rings. The Hall–Kier alpha value is -1.48. The number of fused-ring (bicyclic) bond motifs is 2. The van der Waals surface area contributed by atoms with Gasteiger partial charge in [0, 0.05) is 20.8 Å². The molecule has 0 spiro atoms. The summed E-state index contributed by atoms with van der Waals surface area (Å²) < 4.78 is 4.13. The van der Waals surface area contributed by atoms with Crippen molar-refractivity contribution in [2.24, 2.45) is 11.8 Å². The van der Waals surface area contributed by atoms with Crippen LogP contribution in [0.3, 0.4) is 0 Å². The van der Waals surface area contributed by atoms with Crippen molar-refractivity contribution in [3.63, 3.8) is 0 Å². The summed E-state index contributed by atoms with van der Waals surface area (Å²) in [5.41, 5.74) is 1.79. The average molecular weight is 568 g/mol. The van der Waals surface area contributed by atoms with Gasteiger partial charge in [0.25, 0.3) is 0 Å². The molecule has 0 aliphatic rings. The molecule has 156 valence electrons. The van der Waals surface area contributed by atoms with E-state index in [1.54, 1.807) is 0 Å². The topological polar surface area (TPSA) is 59.9 Å². The van der Waals surface area contributed by atoms with Crippen LogP contribution in [0.15, 0.2) is 45.3 Å². The first kappa shape index (κ1) is 23.2. The van der Waals surface area contributed by atoms with Crippen molar-refractivity contribution < 1.29 is 9.59 Å². The molecule has 2 heterocycles. The Morgan fingerprint density at radius 1 is 0.733 bits per heavy atom. The smallest absolute Gasteiger partial charge is 0.193 e. The zero-order valence-electron chi connectivity index (χ0n) is 16.9. The summed E-state index contributed by atoms with van der Waals surface area (Å²) in [5, 5.41) is 1.22. The minimum Gasteiger partial charge on any atom is -0.291 e. The lowest BCUT2D eigenvalue weighted by Gasteiger charge is -1.97. The van der Waals surface area contributed by atoms with E-state index >= 15 is 0 Å². The second-order valence-electron chi connectivity index (χ2n) is 7.30. The quantitative estimate of drug-likeness (QED) is 0.236. The molecule has 2 aromatic heterocycles. The van der Waals surface area contributed by atoms with Crippen molar-refractivity contribution in [3.8, 4) is 0 Å². The highest BCUT2D eigenvalue weighted by Gasteiger charge is 2.16. The Morgan fingerprint density at radius 2 is 1.10 bits per heavy atom. The summed E-state index contributed by atoms with van der Waals surface area (Å²) in [4.78, 5) is 32.1. The van der Waals surface area contributed by atoms with Gasteiger partial charge in [0.2, 0.25) is 0 Å². The first-order valence-electron chi connectivity index (χ1n) is 9.36. The highest BCUT2D eigenvalue weighted by molar-refractivity contribution is 9.10. The first-order chi connectivity index (χ1) is 14.2. The van der Waals surface area contributed by atoms with Gasteiger partial charge in [-0.25, -0.2) is 9.97 Å². The number of aromatic nitrogens is 2. The zero-order valence-corrected chi connectivity index (χ0v) is 21.7. The van der Waals surface area contributed by atoms with Crippen LogP contribution in [0.2, 0.25) is 0 Å². The van der Waals surface area contributed by atoms with Crippen LogP contribution < -0.4 is 0 Å². The van der Waals surface area contributed by atoms with Crippen molar-refractivity contribution in [2.75, 3.05) is 0 Å². The van der Waals surface area contributed by atoms with Crippen molar-refractivity contribution in [3.05, 3.63) is 55.4 Å². The molecule has 0 amide bonds. The molecular weight excluding hydrogens is 548 g/mol. The molecule has 0 N–H and O–H groups in total. The summed E-state index contributed by atoms with van der Waals surface area (Å²) in [7, 11) is 0. The Balaban J connectivity index is 0.000000171. The van der Waals surface area contributed by atoms with Gasteiger partial charge in [-0.3, -0.25) is 9.59 Å². The monoisotopic (exact) mass is 566 g/mol. The third-order valence-corrected chi connectivity index (χ3v) is 7.22. The van der Waals surface area contributed by atoms with Gasteiger partial charge < -0.3 is 0 Å². The molecular formula is C22H20Br2N2O2S2. The lowest BCUT2D eigenvalue weighted by Crippen LogP contribution is -2.06. The van der Waals surface area contributed by atoms with E-state index in [0.29, 0.717) is 10.0 Å². The molecule has 4 nitrogen and oxygen atoms in total. The van der Waals surface area contributed by atoms with Crippen molar-refractivity contribution in [1.29, 1.82) is 0 Å². The maximum Gasteiger partial charge on any atom is 0.193 e. The van der Waals surface area contributed by atoms with Crippen LogP contribution in [0.5, 0.6) is 0 Å². The molecule has 0 aliphatic carbocycles.